The van der Waals surface area contributed by atoms with Gasteiger partial charge in [-0.15, -0.1) is 0 Å². The summed E-state index contributed by atoms with van der Waals surface area (Å²) in [5.74, 6) is 5.85. The van der Waals surface area contributed by atoms with Gasteiger partial charge in [0.2, 0.25) is 0 Å². The summed E-state index contributed by atoms with van der Waals surface area (Å²) < 4.78 is 11.2. The fourth-order valence-electron chi connectivity index (χ4n) is 1.49. The van der Waals surface area contributed by atoms with Crippen molar-refractivity contribution in [2.45, 2.75) is 33.0 Å². The standard InChI is InChI=1S/C16H23NO2/c1-16(2,3)19-11-10-18-13-15-7-4-6-14(12-15)8-5-9-17/h4,6-7,12H,9-11,13,17H2,1-3H3. The molecule has 0 aliphatic rings. The van der Waals surface area contributed by atoms with E-state index in [1.165, 1.54) is 0 Å². The van der Waals surface area contributed by atoms with Crippen LogP contribution in [-0.2, 0) is 16.1 Å². The topological polar surface area (TPSA) is 44.5 Å². The van der Waals surface area contributed by atoms with Gasteiger partial charge >= 0.3 is 0 Å². The molecule has 0 aliphatic heterocycles. The predicted molar refractivity (Wildman–Crippen MR) is 77.7 cm³/mol. The summed E-state index contributed by atoms with van der Waals surface area (Å²) in [5.41, 5.74) is 7.32. The van der Waals surface area contributed by atoms with E-state index in [4.69, 9.17) is 15.2 Å². The monoisotopic (exact) mass is 261 g/mol. The summed E-state index contributed by atoms with van der Waals surface area (Å²) in [6, 6.07) is 7.99. The molecule has 0 fully saturated rings. The van der Waals surface area contributed by atoms with Crippen molar-refractivity contribution in [1.29, 1.82) is 0 Å². The van der Waals surface area contributed by atoms with Gasteiger partial charge < -0.3 is 15.2 Å². The van der Waals surface area contributed by atoms with Crippen LogP contribution in [0.5, 0.6) is 0 Å². The zero-order valence-corrected chi connectivity index (χ0v) is 12.0. The Morgan fingerprint density at radius 1 is 1.21 bits per heavy atom. The van der Waals surface area contributed by atoms with Crippen molar-refractivity contribution in [3.63, 3.8) is 0 Å². The third-order valence-corrected chi connectivity index (χ3v) is 2.29. The minimum atomic E-state index is -0.110. The minimum Gasteiger partial charge on any atom is -0.374 e. The molecule has 1 aromatic carbocycles. The van der Waals surface area contributed by atoms with Crippen molar-refractivity contribution < 1.29 is 9.47 Å². The summed E-state index contributed by atoms with van der Waals surface area (Å²) in [6.07, 6.45) is 0. The molecular weight excluding hydrogens is 238 g/mol. The largest absolute Gasteiger partial charge is 0.374 e. The lowest BCUT2D eigenvalue weighted by molar-refractivity contribution is -0.0376. The molecule has 0 aliphatic carbocycles. The number of rotatable bonds is 5. The highest BCUT2D eigenvalue weighted by molar-refractivity contribution is 5.37. The predicted octanol–water partition coefficient (Wildman–Crippen LogP) is 2.33. The van der Waals surface area contributed by atoms with Gasteiger partial charge in [-0.1, -0.05) is 24.0 Å². The molecule has 0 radical (unpaired) electrons. The zero-order chi connectivity index (χ0) is 14.1. The van der Waals surface area contributed by atoms with E-state index in [0.29, 0.717) is 26.4 Å². The Balaban J connectivity index is 2.33. The molecule has 104 valence electrons. The fourth-order valence-corrected chi connectivity index (χ4v) is 1.49. The zero-order valence-electron chi connectivity index (χ0n) is 12.0. The Kier molecular flexibility index (Phi) is 6.58. The van der Waals surface area contributed by atoms with E-state index in [9.17, 15) is 0 Å². The van der Waals surface area contributed by atoms with Gasteiger partial charge in [0.25, 0.3) is 0 Å². The molecular formula is C16H23NO2. The third-order valence-electron chi connectivity index (χ3n) is 2.29. The highest BCUT2D eigenvalue weighted by Crippen LogP contribution is 2.07. The first kappa shape index (κ1) is 15.7. The molecule has 0 atom stereocenters. The van der Waals surface area contributed by atoms with Gasteiger partial charge in [0.1, 0.15) is 0 Å². The summed E-state index contributed by atoms with van der Waals surface area (Å²) >= 11 is 0. The number of ether oxygens (including phenoxy) is 2. The Morgan fingerprint density at radius 3 is 2.68 bits per heavy atom. The van der Waals surface area contributed by atoms with Crippen LogP contribution in [0.3, 0.4) is 0 Å². The van der Waals surface area contributed by atoms with Gasteiger partial charge in [0, 0.05) is 5.56 Å². The molecule has 0 bridgehead atoms. The van der Waals surface area contributed by atoms with Gasteiger partial charge in [0.05, 0.1) is 32.0 Å². The van der Waals surface area contributed by atoms with Crippen LogP contribution in [0, 0.1) is 11.8 Å². The van der Waals surface area contributed by atoms with E-state index in [1.54, 1.807) is 0 Å². The van der Waals surface area contributed by atoms with Crippen LogP contribution >= 0.6 is 0 Å². The maximum Gasteiger partial charge on any atom is 0.0718 e. The van der Waals surface area contributed by atoms with E-state index >= 15 is 0 Å². The first-order valence-corrected chi connectivity index (χ1v) is 6.51. The van der Waals surface area contributed by atoms with E-state index < -0.39 is 0 Å². The molecule has 0 saturated heterocycles. The van der Waals surface area contributed by atoms with E-state index in [1.807, 2.05) is 45.0 Å². The lowest BCUT2D eigenvalue weighted by Gasteiger charge is -2.19. The molecule has 19 heavy (non-hydrogen) atoms. The average molecular weight is 261 g/mol. The molecule has 0 unspecified atom stereocenters. The Bertz CT molecular complexity index is 438. The summed E-state index contributed by atoms with van der Waals surface area (Å²) in [7, 11) is 0. The SMILES string of the molecule is CC(C)(C)OCCOCc1cccc(C#CCN)c1. The number of benzene rings is 1. The molecule has 0 saturated carbocycles. The third kappa shape index (κ3) is 7.63. The smallest absolute Gasteiger partial charge is 0.0718 e. The lowest BCUT2D eigenvalue weighted by Crippen LogP contribution is -2.21. The molecule has 3 nitrogen and oxygen atoms in total. The molecule has 1 aromatic rings. The Morgan fingerprint density at radius 2 is 2.00 bits per heavy atom. The minimum absolute atomic E-state index is 0.110. The van der Waals surface area contributed by atoms with Gasteiger partial charge in [-0.25, -0.2) is 0 Å². The Hall–Kier alpha value is -1.34. The van der Waals surface area contributed by atoms with Crippen LogP contribution in [-0.4, -0.2) is 25.4 Å². The maximum atomic E-state index is 5.58. The first-order valence-electron chi connectivity index (χ1n) is 6.51. The molecule has 0 spiro atoms. The van der Waals surface area contributed by atoms with Crippen LogP contribution in [0.4, 0.5) is 0 Å². The van der Waals surface area contributed by atoms with Crippen LogP contribution in [0.2, 0.25) is 0 Å². The fraction of sp³-hybridized carbons (Fsp3) is 0.500. The second-order valence-corrected chi connectivity index (χ2v) is 5.22. The van der Waals surface area contributed by atoms with Crippen molar-refractivity contribution in [1.82, 2.24) is 0 Å². The van der Waals surface area contributed by atoms with Crippen molar-refractivity contribution in [2.75, 3.05) is 19.8 Å². The molecule has 3 heteroatoms. The van der Waals surface area contributed by atoms with Crippen LogP contribution in [0.25, 0.3) is 0 Å². The van der Waals surface area contributed by atoms with E-state index in [2.05, 4.69) is 11.8 Å². The normalized spacial score (nSPS) is 10.9. The van der Waals surface area contributed by atoms with Crippen molar-refractivity contribution in [2.24, 2.45) is 5.73 Å². The van der Waals surface area contributed by atoms with Crippen molar-refractivity contribution >= 4 is 0 Å². The second-order valence-electron chi connectivity index (χ2n) is 5.22. The van der Waals surface area contributed by atoms with Gasteiger partial charge in [0.15, 0.2) is 0 Å². The molecule has 0 amide bonds. The van der Waals surface area contributed by atoms with E-state index in [0.717, 1.165) is 11.1 Å². The number of hydrogen-bond donors (Lipinski definition) is 1. The van der Waals surface area contributed by atoms with Crippen LogP contribution in [0.15, 0.2) is 24.3 Å². The van der Waals surface area contributed by atoms with Crippen molar-refractivity contribution in [3.8, 4) is 11.8 Å². The quantitative estimate of drug-likeness (QED) is 0.653. The maximum absolute atomic E-state index is 5.58. The average Bonchev–Trinajstić information content (AvgIpc) is 2.35. The lowest BCUT2D eigenvalue weighted by atomic mass is 10.1. The molecule has 0 heterocycles. The summed E-state index contributed by atoms with van der Waals surface area (Å²) in [5, 5.41) is 0. The van der Waals surface area contributed by atoms with Crippen LogP contribution < -0.4 is 5.73 Å². The highest BCUT2D eigenvalue weighted by atomic mass is 16.5. The molecule has 2 N–H and O–H groups in total. The number of nitrogens with two attached hydrogens (primary N) is 1. The Labute approximate surface area is 116 Å². The van der Waals surface area contributed by atoms with E-state index in [-0.39, 0.29) is 5.60 Å². The van der Waals surface area contributed by atoms with Crippen LogP contribution in [0.1, 0.15) is 31.9 Å². The number of hydrogen-bond acceptors (Lipinski definition) is 3. The summed E-state index contributed by atoms with van der Waals surface area (Å²) in [4.78, 5) is 0. The first-order chi connectivity index (χ1) is 9.01. The van der Waals surface area contributed by atoms with Gasteiger partial charge in [-0.05, 0) is 38.5 Å². The second kappa shape index (κ2) is 7.96. The van der Waals surface area contributed by atoms with Gasteiger partial charge in [-0.3, -0.25) is 0 Å². The highest BCUT2D eigenvalue weighted by Gasteiger charge is 2.08. The van der Waals surface area contributed by atoms with Crippen molar-refractivity contribution in [3.05, 3.63) is 35.4 Å². The molecule has 1 rings (SSSR count). The molecule has 0 aromatic heterocycles. The van der Waals surface area contributed by atoms with Gasteiger partial charge in [-0.2, -0.15) is 0 Å². The summed E-state index contributed by atoms with van der Waals surface area (Å²) in [6.45, 7) is 8.26.